The van der Waals surface area contributed by atoms with Crippen molar-refractivity contribution in [1.82, 2.24) is 0 Å². The van der Waals surface area contributed by atoms with Crippen molar-refractivity contribution >= 4 is 35.2 Å². The predicted octanol–water partition coefficient (Wildman–Crippen LogP) is 6.24. The van der Waals surface area contributed by atoms with Crippen molar-refractivity contribution in [2.45, 2.75) is 11.8 Å². The predicted molar refractivity (Wildman–Crippen MR) is 98.5 cm³/mol. The van der Waals surface area contributed by atoms with E-state index in [0.29, 0.717) is 10.7 Å². The summed E-state index contributed by atoms with van der Waals surface area (Å²) in [6.07, 6.45) is 1.80. The first-order chi connectivity index (χ1) is 11.6. The van der Waals surface area contributed by atoms with E-state index in [2.05, 4.69) is 0 Å². The summed E-state index contributed by atoms with van der Waals surface area (Å²) in [5.74, 6) is 1.48. The molecule has 4 heteroatoms. The molecule has 118 valence electrons. The van der Waals surface area contributed by atoms with Crippen molar-refractivity contribution in [3.63, 3.8) is 0 Å². The normalized spacial score (nSPS) is 15.1. The zero-order chi connectivity index (χ0) is 16.7. The van der Waals surface area contributed by atoms with E-state index < -0.39 is 0 Å². The molecule has 0 bridgehead atoms. The zero-order valence-electron chi connectivity index (χ0n) is 12.9. The van der Waals surface area contributed by atoms with E-state index in [9.17, 15) is 4.79 Å². The summed E-state index contributed by atoms with van der Waals surface area (Å²) in [5, 5.41) is 0.735. The summed E-state index contributed by atoms with van der Waals surface area (Å²) in [6.45, 7) is 1.96. The topological polar surface area (TPSA) is 30.2 Å². The number of hydrogen-bond donors (Lipinski definition) is 0. The minimum absolute atomic E-state index is 0.0517. The van der Waals surface area contributed by atoms with Gasteiger partial charge in [0.25, 0.3) is 0 Å². The van der Waals surface area contributed by atoms with Gasteiger partial charge in [0.2, 0.25) is 5.78 Å². The Labute approximate surface area is 149 Å². The van der Waals surface area contributed by atoms with Crippen molar-refractivity contribution in [2.24, 2.45) is 0 Å². The Morgan fingerprint density at radius 2 is 1.92 bits per heavy atom. The van der Waals surface area contributed by atoms with Crippen LogP contribution >= 0.6 is 23.4 Å². The number of carbonyl (C=O) groups is 1. The number of halogens is 1. The highest BCUT2D eigenvalue weighted by molar-refractivity contribution is 8.04. The smallest absolute Gasteiger partial charge is 0.200 e. The van der Waals surface area contributed by atoms with E-state index in [0.717, 1.165) is 32.4 Å². The van der Waals surface area contributed by atoms with Crippen LogP contribution in [0.2, 0.25) is 5.02 Å². The lowest BCUT2D eigenvalue weighted by Crippen LogP contribution is -1.93. The number of ketones is 1. The lowest BCUT2D eigenvalue weighted by molar-refractivity contribution is 0.104. The Morgan fingerprint density at radius 3 is 2.71 bits per heavy atom. The lowest BCUT2D eigenvalue weighted by Gasteiger charge is -2.01. The highest BCUT2D eigenvalue weighted by atomic mass is 35.5. The third-order valence-electron chi connectivity index (χ3n) is 3.92. The summed E-state index contributed by atoms with van der Waals surface area (Å²) in [7, 11) is 0. The first-order valence-corrected chi connectivity index (χ1v) is 8.71. The van der Waals surface area contributed by atoms with E-state index in [4.69, 9.17) is 16.0 Å². The standard InChI is InChI=1S/C20H13ClO2S/c1-12-10-13(6-8-16(12)21)17-9-7-14(23-17)11-19-20(22)15-4-2-3-5-18(15)24-19/h2-11H,1H3. The largest absolute Gasteiger partial charge is 0.457 e. The van der Waals surface area contributed by atoms with Gasteiger partial charge in [0.1, 0.15) is 11.5 Å². The number of Topliss-reactive ketones (excluding diaryl/α,β-unsaturated/α-hetero) is 1. The minimum Gasteiger partial charge on any atom is -0.457 e. The van der Waals surface area contributed by atoms with Gasteiger partial charge in [-0.1, -0.05) is 35.5 Å². The van der Waals surface area contributed by atoms with Gasteiger partial charge in [-0.05, 0) is 61.0 Å². The molecule has 3 aromatic rings. The number of carbonyl (C=O) groups excluding carboxylic acids is 1. The van der Waals surface area contributed by atoms with Gasteiger partial charge in [-0.15, -0.1) is 0 Å². The molecular weight excluding hydrogens is 340 g/mol. The third-order valence-corrected chi connectivity index (χ3v) is 5.44. The molecule has 1 aliphatic rings. The zero-order valence-corrected chi connectivity index (χ0v) is 14.4. The second-order valence-corrected chi connectivity index (χ2v) is 7.09. The van der Waals surface area contributed by atoms with Crippen molar-refractivity contribution < 1.29 is 9.21 Å². The van der Waals surface area contributed by atoms with E-state index in [1.54, 1.807) is 6.08 Å². The molecule has 2 nitrogen and oxygen atoms in total. The fourth-order valence-corrected chi connectivity index (χ4v) is 3.80. The van der Waals surface area contributed by atoms with Crippen LogP contribution in [0.3, 0.4) is 0 Å². The summed E-state index contributed by atoms with van der Waals surface area (Å²) in [6, 6.07) is 17.2. The van der Waals surface area contributed by atoms with E-state index >= 15 is 0 Å². The van der Waals surface area contributed by atoms with Crippen LogP contribution in [0.5, 0.6) is 0 Å². The first-order valence-electron chi connectivity index (χ1n) is 7.51. The molecule has 1 aliphatic heterocycles. The summed E-state index contributed by atoms with van der Waals surface area (Å²) >= 11 is 7.55. The Kier molecular flexibility index (Phi) is 3.83. The molecule has 0 fully saturated rings. The van der Waals surface area contributed by atoms with Gasteiger partial charge in [-0.2, -0.15) is 0 Å². The van der Waals surface area contributed by atoms with Gasteiger partial charge in [-0.3, -0.25) is 4.79 Å². The molecule has 0 atom stereocenters. The molecule has 2 aromatic carbocycles. The van der Waals surface area contributed by atoms with Crippen LogP contribution in [-0.2, 0) is 0 Å². The van der Waals surface area contributed by atoms with Crippen LogP contribution in [0, 0.1) is 6.92 Å². The number of rotatable bonds is 2. The Hall–Kier alpha value is -2.23. The average Bonchev–Trinajstić information content (AvgIpc) is 3.16. The van der Waals surface area contributed by atoms with E-state index in [-0.39, 0.29) is 5.78 Å². The molecule has 4 rings (SSSR count). The summed E-state index contributed by atoms with van der Waals surface area (Å²) in [4.78, 5) is 14.1. The summed E-state index contributed by atoms with van der Waals surface area (Å²) < 4.78 is 5.89. The number of furan rings is 1. The fourth-order valence-electron chi connectivity index (χ4n) is 2.65. The average molecular weight is 353 g/mol. The van der Waals surface area contributed by atoms with E-state index in [1.165, 1.54) is 11.8 Å². The molecular formula is C20H13ClO2S. The number of fused-ring (bicyclic) bond motifs is 1. The van der Waals surface area contributed by atoms with Gasteiger partial charge in [0, 0.05) is 21.0 Å². The maximum Gasteiger partial charge on any atom is 0.200 e. The van der Waals surface area contributed by atoms with Gasteiger partial charge < -0.3 is 4.42 Å². The lowest BCUT2D eigenvalue weighted by atomic mass is 10.1. The van der Waals surface area contributed by atoms with Gasteiger partial charge >= 0.3 is 0 Å². The van der Waals surface area contributed by atoms with Crippen LogP contribution in [0.1, 0.15) is 21.7 Å². The number of thioether (sulfide) groups is 1. The maximum atomic E-state index is 12.4. The molecule has 2 heterocycles. The number of allylic oxidation sites excluding steroid dienone is 1. The van der Waals surface area contributed by atoms with Crippen LogP contribution < -0.4 is 0 Å². The van der Waals surface area contributed by atoms with Crippen LogP contribution in [0.4, 0.5) is 0 Å². The Bertz CT molecular complexity index is 985. The van der Waals surface area contributed by atoms with Crippen LogP contribution in [0.25, 0.3) is 17.4 Å². The molecule has 0 saturated carbocycles. The minimum atomic E-state index is 0.0517. The number of aryl methyl sites for hydroxylation is 1. The molecule has 24 heavy (non-hydrogen) atoms. The summed E-state index contributed by atoms with van der Waals surface area (Å²) in [5.41, 5.74) is 2.73. The van der Waals surface area contributed by atoms with Crippen LogP contribution in [-0.4, -0.2) is 5.78 Å². The number of hydrogen-bond acceptors (Lipinski definition) is 3. The molecule has 0 spiro atoms. The van der Waals surface area contributed by atoms with Crippen LogP contribution in [0.15, 0.2) is 68.8 Å². The SMILES string of the molecule is Cc1cc(-c2ccc(C=C3Sc4ccccc4C3=O)o2)ccc1Cl. The highest BCUT2D eigenvalue weighted by Crippen LogP contribution is 2.41. The molecule has 0 aliphatic carbocycles. The Morgan fingerprint density at radius 1 is 1.08 bits per heavy atom. The van der Waals surface area contributed by atoms with Gasteiger partial charge in [0.05, 0.1) is 4.91 Å². The monoisotopic (exact) mass is 352 g/mol. The van der Waals surface area contributed by atoms with Crippen molar-refractivity contribution in [2.75, 3.05) is 0 Å². The van der Waals surface area contributed by atoms with Crippen molar-refractivity contribution in [3.05, 3.63) is 81.4 Å². The molecule has 0 N–H and O–H groups in total. The van der Waals surface area contributed by atoms with Crippen molar-refractivity contribution in [1.29, 1.82) is 0 Å². The van der Waals surface area contributed by atoms with Gasteiger partial charge in [0.15, 0.2) is 0 Å². The second-order valence-electron chi connectivity index (χ2n) is 5.60. The molecule has 1 aromatic heterocycles. The molecule has 0 radical (unpaired) electrons. The van der Waals surface area contributed by atoms with Crippen molar-refractivity contribution in [3.8, 4) is 11.3 Å². The molecule has 0 unspecified atom stereocenters. The van der Waals surface area contributed by atoms with E-state index in [1.807, 2.05) is 61.5 Å². The molecule has 0 saturated heterocycles. The third kappa shape index (κ3) is 2.70. The quantitative estimate of drug-likeness (QED) is 0.511. The fraction of sp³-hybridized carbons (Fsp3) is 0.0500. The number of benzene rings is 2. The Balaban J connectivity index is 1.64. The maximum absolute atomic E-state index is 12.4. The second kappa shape index (κ2) is 6.00. The highest BCUT2D eigenvalue weighted by Gasteiger charge is 2.25. The van der Waals surface area contributed by atoms with Gasteiger partial charge in [-0.25, -0.2) is 0 Å². The molecule has 0 amide bonds. The first kappa shape index (κ1) is 15.3.